The molecule has 0 aliphatic heterocycles. The lowest BCUT2D eigenvalue weighted by atomic mass is 10.00. The van der Waals surface area contributed by atoms with Gasteiger partial charge in [-0.3, -0.25) is 4.18 Å². The van der Waals surface area contributed by atoms with Crippen LogP contribution in [0.25, 0.3) is 0 Å². The zero-order valence-corrected chi connectivity index (χ0v) is 19.6. The maximum absolute atomic E-state index is 11.0. The van der Waals surface area contributed by atoms with Crippen molar-refractivity contribution in [2.24, 2.45) is 17.0 Å². The second-order valence-corrected chi connectivity index (χ2v) is 10.3. The lowest BCUT2D eigenvalue weighted by Gasteiger charge is -2.25. The van der Waals surface area contributed by atoms with Crippen LogP contribution in [-0.4, -0.2) is 67.8 Å². The molecule has 4 rings (SSSR count). The zero-order chi connectivity index (χ0) is 23.6. The van der Waals surface area contributed by atoms with E-state index in [0.29, 0.717) is 30.5 Å². The van der Waals surface area contributed by atoms with Gasteiger partial charge in [-0.1, -0.05) is 24.3 Å². The number of anilines is 1. The number of nitrogens with one attached hydrogen (secondary N) is 1. The fourth-order valence-corrected chi connectivity index (χ4v) is 5.20. The number of aliphatic hydroxyl groups is 1. The highest BCUT2D eigenvalue weighted by molar-refractivity contribution is 7.84. The van der Waals surface area contributed by atoms with Crippen molar-refractivity contribution in [3.8, 4) is 5.88 Å². The van der Waals surface area contributed by atoms with Gasteiger partial charge in [-0.2, -0.15) is 8.42 Å². The molecule has 2 aliphatic rings. The van der Waals surface area contributed by atoms with Gasteiger partial charge in [-0.15, -0.1) is 0 Å². The molecule has 0 unspecified atom stereocenters. The summed E-state index contributed by atoms with van der Waals surface area (Å²) in [6.45, 7) is 0.771. The van der Waals surface area contributed by atoms with E-state index < -0.39 is 16.4 Å². The van der Waals surface area contributed by atoms with Gasteiger partial charge in [0.05, 0.1) is 18.8 Å². The Morgan fingerprint density at radius 3 is 2.76 bits per heavy atom. The fourth-order valence-electron chi connectivity index (χ4n) is 4.84. The standard InChI is InChI=1S/C22H31N5O5S/c1-27(2)11-15-7-14-5-3-4-6-18(14)22(15)26-20-10-21(25-13-24-20)32-17-8-16(19(28)9-17)12-31-33(23,29)30/h3-6,10,13,15-17,19,22,28H,7-9,11-12H2,1-2H3,(H2,23,29,30)(H,24,25,26)/t15-,16+,17-,19+,22+/m1/s1. The van der Waals surface area contributed by atoms with Gasteiger partial charge < -0.3 is 20.1 Å². The maximum Gasteiger partial charge on any atom is 0.333 e. The molecule has 2 aliphatic carbocycles. The van der Waals surface area contributed by atoms with E-state index in [1.807, 2.05) is 0 Å². The van der Waals surface area contributed by atoms with Crippen LogP contribution in [0, 0.1) is 11.8 Å². The van der Waals surface area contributed by atoms with Crippen LogP contribution in [0.2, 0.25) is 0 Å². The SMILES string of the molecule is CN(C)C[C@H]1Cc2ccccc2[C@H]1Nc1cc(O[C@@H]2C[C@@H](COS(N)(=O)=O)[C@@H](O)C2)ncn1. The molecule has 1 heterocycles. The van der Waals surface area contributed by atoms with Gasteiger partial charge in [-0.25, -0.2) is 15.1 Å². The first-order chi connectivity index (χ1) is 15.7. The zero-order valence-electron chi connectivity index (χ0n) is 18.8. The highest BCUT2D eigenvalue weighted by atomic mass is 32.2. The summed E-state index contributed by atoms with van der Waals surface area (Å²) in [4.78, 5) is 10.8. The molecule has 0 bridgehead atoms. The van der Waals surface area contributed by atoms with Crippen LogP contribution >= 0.6 is 0 Å². The van der Waals surface area contributed by atoms with Gasteiger partial charge in [0.1, 0.15) is 18.2 Å². The molecule has 11 heteroatoms. The predicted octanol–water partition coefficient (Wildman–Crippen LogP) is 1.10. The van der Waals surface area contributed by atoms with E-state index >= 15 is 0 Å². The van der Waals surface area contributed by atoms with Gasteiger partial charge >= 0.3 is 10.3 Å². The Balaban J connectivity index is 1.42. The number of fused-ring (bicyclic) bond motifs is 1. The summed E-state index contributed by atoms with van der Waals surface area (Å²) >= 11 is 0. The van der Waals surface area contributed by atoms with Crippen LogP contribution < -0.4 is 15.2 Å². The monoisotopic (exact) mass is 477 g/mol. The van der Waals surface area contributed by atoms with Gasteiger partial charge in [-0.05, 0) is 38.1 Å². The number of ether oxygens (including phenoxy) is 1. The number of nitrogens with two attached hydrogens (primary N) is 1. The number of hydrogen-bond donors (Lipinski definition) is 3. The first-order valence-corrected chi connectivity index (χ1v) is 12.5. The third-order valence-corrected chi connectivity index (χ3v) is 6.70. The minimum absolute atomic E-state index is 0.124. The average molecular weight is 478 g/mol. The summed E-state index contributed by atoms with van der Waals surface area (Å²) in [5.41, 5.74) is 2.63. The molecule has 180 valence electrons. The van der Waals surface area contributed by atoms with Crippen molar-refractivity contribution >= 4 is 16.1 Å². The fraction of sp³-hybridized carbons (Fsp3) is 0.545. The van der Waals surface area contributed by atoms with Gasteiger partial charge in [0.2, 0.25) is 5.88 Å². The van der Waals surface area contributed by atoms with Crippen LogP contribution in [0.15, 0.2) is 36.7 Å². The molecular weight excluding hydrogens is 446 g/mol. The number of aliphatic hydroxyl groups excluding tert-OH is 1. The second kappa shape index (κ2) is 9.90. The number of nitrogens with zero attached hydrogens (tertiary/aromatic N) is 3. The van der Waals surface area contributed by atoms with Crippen molar-refractivity contribution < 1.29 is 22.4 Å². The average Bonchev–Trinajstić information content (AvgIpc) is 3.25. The normalized spacial score (nSPS) is 27.0. The number of hydrogen-bond acceptors (Lipinski definition) is 9. The number of benzene rings is 1. The quantitative estimate of drug-likeness (QED) is 0.484. The van der Waals surface area contributed by atoms with Gasteiger partial charge in [0, 0.05) is 30.9 Å². The molecule has 1 aromatic carbocycles. The molecule has 1 aromatic heterocycles. The van der Waals surface area contributed by atoms with Crippen molar-refractivity contribution in [1.29, 1.82) is 0 Å². The van der Waals surface area contributed by atoms with E-state index in [-0.39, 0.29) is 24.7 Å². The summed E-state index contributed by atoms with van der Waals surface area (Å²) in [5, 5.41) is 18.7. The van der Waals surface area contributed by atoms with E-state index in [4.69, 9.17) is 9.88 Å². The van der Waals surface area contributed by atoms with E-state index in [9.17, 15) is 13.5 Å². The lowest BCUT2D eigenvalue weighted by molar-refractivity contribution is 0.0986. The van der Waals surface area contributed by atoms with Crippen LogP contribution in [0.5, 0.6) is 5.88 Å². The summed E-state index contributed by atoms with van der Waals surface area (Å²) in [5.74, 6) is 1.09. The highest BCUT2D eigenvalue weighted by Crippen LogP contribution is 2.39. The molecule has 4 N–H and O–H groups in total. The Kier molecular flexibility index (Phi) is 7.15. The van der Waals surface area contributed by atoms with Crippen LogP contribution in [-0.2, 0) is 20.9 Å². The molecule has 0 amide bonds. The van der Waals surface area contributed by atoms with Crippen molar-refractivity contribution in [2.75, 3.05) is 32.6 Å². The van der Waals surface area contributed by atoms with Gasteiger partial charge in [0.25, 0.3) is 0 Å². The topological polar surface area (TPSA) is 140 Å². The summed E-state index contributed by atoms with van der Waals surface area (Å²) in [7, 11) is 0.109. The van der Waals surface area contributed by atoms with Crippen molar-refractivity contribution in [3.05, 3.63) is 47.8 Å². The van der Waals surface area contributed by atoms with Crippen LogP contribution in [0.1, 0.15) is 30.0 Å². The molecular formula is C22H31N5O5S. The lowest BCUT2D eigenvalue weighted by Crippen LogP contribution is -2.28. The summed E-state index contributed by atoms with van der Waals surface area (Å²) in [6.07, 6.45) is 2.19. The molecule has 1 saturated carbocycles. The Hall–Kier alpha value is -2.31. The molecule has 10 nitrogen and oxygen atoms in total. The van der Waals surface area contributed by atoms with Crippen LogP contribution in [0.4, 0.5) is 5.82 Å². The predicted molar refractivity (Wildman–Crippen MR) is 123 cm³/mol. The Bertz CT molecular complexity index is 1070. The Morgan fingerprint density at radius 1 is 1.21 bits per heavy atom. The summed E-state index contributed by atoms with van der Waals surface area (Å²) < 4.78 is 32.7. The molecule has 0 saturated heterocycles. The second-order valence-electron chi connectivity index (χ2n) is 9.10. The number of aromatic nitrogens is 2. The van der Waals surface area contributed by atoms with Gasteiger partial charge in [0.15, 0.2) is 0 Å². The van der Waals surface area contributed by atoms with E-state index in [1.54, 1.807) is 6.07 Å². The third-order valence-electron chi connectivity index (χ3n) is 6.24. The van der Waals surface area contributed by atoms with E-state index in [0.717, 1.165) is 13.0 Å². The molecule has 0 spiro atoms. The smallest absolute Gasteiger partial charge is 0.333 e. The molecule has 5 atom stereocenters. The minimum atomic E-state index is -4.05. The minimum Gasteiger partial charge on any atom is -0.474 e. The number of rotatable bonds is 9. The van der Waals surface area contributed by atoms with Crippen LogP contribution in [0.3, 0.4) is 0 Å². The first-order valence-electron chi connectivity index (χ1n) is 11.0. The summed E-state index contributed by atoms with van der Waals surface area (Å²) in [6, 6.07) is 10.3. The molecule has 2 aromatic rings. The third kappa shape index (κ3) is 6.18. The Morgan fingerprint density at radius 2 is 2.00 bits per heavy atom. The first kappa shape index (κ1) is 23.8. The molecule has 1 fully saturated rings. The largest absolute Gasteiger partial charge is 0.474 e. The Labute approximate surface area is 194 Å². The highest BCUT2D eigenvalue weighted by Gasteiger charge is 2.36. The molecule has 0 radical (unpaired) electrons. The van der Waals surface area contributed by atoms with Crippen molar-refractivity contribution in [1.82, 2.24) is 14.9 Å². The molecule has 33 heavy (non-hydrogen) atoms. The van der Waals surface area contributed by atoms with E-state index in [2.05, 4.69) is 62.7 Å². The maximum atomic E-state index is 11.0. The van der Waals surface area contributed by atoms with Crippen molar-refractivity contribution in [2.45, 2.75) is 37.5 Å². The van der Waals surface area contributed by atoms with Crippen molar-refractivity contribution in [3.63, 3.8) is 0 Å². The van der Waals surface area contributed by atoms with E-state index in [1.165, 1.54) is 17.5 Å².